The second-order valence-electron chi connectivity index (χ2n) is 8.28. The zero-order valence-corrected chi connectivity index (χ0v) is 17.9. The highest BCUT2D eigenvalue weighted by molar-refractivity contribution is 5.81. The fourth-order valence-corrected chi connectivity index (χ4v) is 4.38. The molecule has 2 fully saturated rings. The van der Waals surface area contributed by atoms with Gasteiger partial charge in [0.25, 0.3) is 0 Å². The smallest absolute Gasteiger partial charge is 0.225 e. The van der Waals surface area contributed by atoms with Crippen LogP contribution in [0.15, 0.2) is 29.3 Å². The van der Waals surface area contributed by atoms with Crippen LogP contribution in [-0.2, 0) is 4.79 Å². The van der Waals surface area contributed by atoms with Crippen molar-refractivity contribution in [2.45, 2.75) is 70.9 Å². The van der Waals surface area contributed by atoms with E-state index in [-0.39, 0.29) is 5.92 Å². The second kappa shape index (κ2) is 9.44. The van der Waals surface area contributed by atoms with Crippen molar-refractivity contribution in [2.75, 3.05) is 20.1 Å². The molecule has 1 aromatic carbocycles. The number of nitrogens with zero attached hydrogens (tertiary/aromatic N) is 2. The van der Waals surface area contributed by atoms with Gasteiger partial charge in [-0.15, -0.1) is 0 Å². The molecule has 1 amide bonds. The standard InChI is InChI=1S/C23H36N4O/c1-5-17(6-2)22(28)27-13-11-18(12-14-27)25-23(24-4)26-21-15-20(21)19-10-8-7-9-16(19)3/h7-10,17-18,20-21H,5-6,11-15H2,1-4H3,(H2,24,25,26). The fourth-order valence-electron chi connectivity index (χ4n) is 4.38. The highest BCUT2D eigenvalue weighted by Crippen LogP contribution is 2.42. The van der Waals surface area contributed by atoms with Crippen molar-refractivity contribution in [2.24, 2.45) is 10.9 Å². The van der Waals surface area contributed by atoms with Crippen molar-refractivity contribution in [1.29, 1.82) is 0 Å². The molecule has 5 heteroatoms. The van der Waals surface area contributed by atoms with Gasteiger partial charge in [-0.25, -0.2) is 0 Å². The van der Waals surface area contributed by atoms with Gasteiger partial charge in [-0.2, -0.15) is 0 Å². The van der Waals surface area contributed by atoms with Gasteiger partial charge in [-0.1, -0.05) is 38.1 Å². The molecule has 1 aliphatic carbocycles. The Balaban J connectivity index is 1.46. The number of aryl methyl sites for hydroxylation is 1. The first kappa shape index (κ1) is 20.7. The van der Waals surface area contributed by atoms with E-state index in [2.05, 4.69) is 65.6 Å². The number of carbonyl (C=O) groups is 1. The summed E-state index contributed by atoms with van der Waals surface area (Å²) in [7, 11) is 1.84. The minimum absolute atomic E-state index is 0.187. The average molecular weight is 385 g/mol. The summed E-state index contributed by atoms with van der Waals surface area (Å²) in [5.41, 5.74) is 2.82. The van der Waals surface area contributed by atoms with E-state index >= 15 is 0 Å². The number of hydrogen-bond donors (Lipinski definition) is 2. The van der Waals surface area contributed by atoms with Gasteiger partial charge in [0.2, 0.25) is 5.91 Å². The van der Waals surface area contributed by atoms with E-state index in [0.29, 0.717) is 23.9 Å². The average Bonchev–Trinajstić information content (AvgIpc) is 3.48. The number of hydrogen-bond acceptors (Lipinski definition) is 2. The molecule has 0 spiro atoms. The van der Waals surface area contributed by atoms with Crippen molar-refractivity contribution in [3.63, 3.8) is 0 Å². The second-order valence-corrected chi connectivity index (χ2v) is 8.28. The normalized spacial score (nSPS) is 23.0. The van der Waals surface area contributed by atoms with Crippen molar-refractivity contribution < 1.29 is 4.79 Å². The zero-order chi connectivity index (χ0) is 20.1. The molecule has 2 atom stereocenters. The van der Waals surface area contributed by atoms with Crippen LogP contribution in [0.2, 0.25) is 0 Å². The van der Waals surface area contributed by atoms with E-state index in [4.69, 9.17) is 0 Å². The summed E-state index contributed by atoms with van der Waals surface area (Å²) in [5.74, 6) is 2.00. The Bertz CT molecular complexity index is 690. The van der Waals surface area contributed by atoms with Crippen LogP contribution in [0, 0.1) is 12.8 Å². The van der Waals surface area contributed by atoms with Gasteiger partial charge < -0.3 is 15.5 Å². The van der Waals surface area contributed by atoms with Gasteiger partial charge in [-0.3, -0.25) is 9.79 Å². The number of guanidine groups is 1. The summed E-state index contributed by atoms with van der Waals surface area (Å²) in [5, 5.41) is 7.17. The molecule has 0 radical (unpaired) electrons. The largest absolute Gasteiger partial charge is 0.354 e. The van der Waals surface area contributed by atoms with Crippen LogP contribution in [0.3, 0.4) is 0 Å². The minimum atomic E-state index is 0.187. The molecule has 28 heavy (non-hydrogen) atoms. The Kier molecular flexibility index (Phi) is 6.97. The molecule has 2 N–H and O–H groups in total. The lowest BCUT2D eigenvalue weighted by atomic mass is 9.98. The van der Waals surface area contributed by atoms with Gasteiger partial charge in [0, 0.05) is 44.1 Å². The SMILES string of the molecule is CCC(CC)C(=O)N1CCC(NC(=NC)NC2CC2c2ccccc2C)CC1. The van der Waals surface area contributed by atoms with Gasteiger partial charge in [0.1, 0.15) is 0 Å². The Morgan fingerprint density at radius 2 is 1.86 bits per heavy atom. The lowest BCUT2D eigenvalue weighted by molar-refractivity contribution is -0.136. The Morgan fingerprint density at radius 1 is 1.18 bits per heavy atom. The van der Waals surface area contributed by atoms with Crippen molar-refractivity contribution >= 4 is 11.9 Å². The van der Waals surface area contributed by atoms with E-state index in [9.17, 15) is 4.79 Å². The molecule has 1 aliphatic heterocycles. The van der Waals surface area contributed by atoms with E-state index in [1.807, 2.05) is 7.05 Å². The number of nitrogens with one attached hydrogen (secondary N) is 2. The number of amides is 1. The molecule has 1 saturated carbocycles. The third-order valence-electron chi connectivity index (χ3n) is 6.41. The molecule has 1 saturated heterocycles. The molecule has 5 nitrogen and oxygen atoms in total. The quantitative estimate of drug-likeness (QED) is 0.583. The Hall–Kier alpha value is -2.04. The van der Waals surface area contributed by atoms with Crippen LogP contribution < -0.4 is 10.6 Å². The first-order valence-electron chi connectivity index (χ1n) is 10.9. The van der Waals surface area contributed by atoms with Crippen LogP contribution >= 0.6 is 0 Å². The maximum absolute atomic E-state index is 12.6. The number of aliphatic imine (C=N–C) groups is 1. The molecular formula is C23H36N4O. The van der Waals surface area contributed by atoms with Gasteiger partial charge in [-0.05, 0) is 50.2 Å². The van der Waals surface area contributed by atoms with E-state index < -0.39 is 0 Å². The lowest BCUT2D eigenvalue weighted by Crippen LogP contribution is -2.51. The number of benzene rings is 1. The van der Waals surface area contributed by atoms with Crippen molar-refractivity contribution in [3.05, 3.63) is 35.4 Å². The third kappa shape index (κ3) is 4.86. The molecule has 1 heterocycles. The Labute approximate surface area is 170 Å². The summed E-state index contributed by atoms with van der Waals surface area (Å²) < 4.78 is 0. The molecule has 2 aliphatic rings. The monoisotopic (exact) mass is 384 g/mol. The molecule has 0 bridgehead atoms. The third-order valence-corrected chi connectivity index (χ3v) is 6.41. The van der Waals surface area contributed by atoms with Crippen LogP contribution in [-0.4, -0.2) is 49.0 Å². The zero-order valence-electron chi connectivity index (χ0n) is 17.9. The lowest BCUT2D eigenvalue weighted by Gasteiger charge is -2.35. The maximum atomic E-state index is 12.6. The molecule has 2 unspecified atom stereocenters. The number of likely N-dealkylation sites (tertiary alicyclic amines) is 1. The van der Waals surface area contributed by atoms with E-state index in [1.165, 1.54) is 11.1 Å². The molecule has 154 valence electrons. The highest BCUT2D eigenvalue weighted by atomic mass is 16.2. The minimum Gasteiger partial charge on any atom is -0.354 e. The van der Waals surface area contributed by atoms with Gasteiger partial charge >= 0.3 is 0 Å². The molecular weight excluding hydrogens is 348 g/mol. The van der Waals surface area contributed by atoms with Crippen LogP contribution in [0.25, 0.3) is 0 Å². The molecule has 1 aromatic rings. The number of carbonyl (C=O) groups excluding carboxylic acids is 1. The van der Waals surface area contributed by atoms with Gasteiger partial charge in [0.15, 0.2) is 5.96 Å². The van der Waals surface area contributed by atoms with E-state index in [1.54, 1.807) is 0 Å². The van der Waals surface area contributed by atoms with Crippen molar-refractivity contribution in [3.8, 4) is 0 Å². The first-order valence-corrected chi connectivity index (χ1v) is 10.9. The summed E-state index contributed by atoms with van der Waals surface area (Å²) in [6.07, 6.45) is 5.01. The van der Waals surface area contributed by atoms with Crippen LogP contribution in [0.4, 0.5) is 0 Å². The predicted molar refractivity (Wildman–Crippen MR) is 116 cm³/mol. The fraction of sp³-hybridized carbons (Fsp3) is 0.652. The summed E-state index contributed by atoms with van der Waals surface area (Å²) in [6.45, 7) is 8.10. The number of piperidine rings is 1. The predicted octanol–water partition coefficient (Wildman–Crippen LogP) is 3.44. The van der Waals surface area contributed by atoms with Crippen molar-refractivity contribution in [1.82, 2.24) is 15.5 Å². The highest BCUT2D eigenvalue weighted by Gasteiger charge is 2.40. The topological polar surface area (TPSA) is 56.7 Å². The first-order chi connectivity index (χ1) is 13.6. The number of rotatable bonds is 6. The van der Waals surface area contributed by atoms with E-state index in [0.717, 1.165) is 51.2 Å². The maximum Gasteiger partial charge on any atom is 0.225 e. The summed E-state index contributed by atoms with van der Waals surface area (Å²) in [6, 6.07) is 9.50. The van der Waals surface area contributed by atoms with Crippen LogP contribution in [0.5, 0.6) is 0 Å². The van der Waals surface area contributed by atoms with Crippen LogP contribution in [0.1, 0.15) is 63.0 Å². The van der Waals surface area contributed by atoms with Gasteiger partial charge in [0.05, 0.1) is 0 Å². The molecule has 0 aromatic heterocycles. The molecule has 3 rings (SSSR count). The summed E-state index contributed by atoms with van der Waals surface area (Å²) >= 11 is 0. The summed E-state index contributed by atoms with van der Waals surface area (Å²) in [4.78, 5) is 19.1. The Morgan fingerprint density at radius 3 is 2.46 bits per heavy atom.